The van der Waals surface area contributed by atoms with Gasteiger partial charge in [-0.3, -0.25) is 14.0 Å². The molecule has 2 aromatic carbocycles. The molecule has 5 N–H and O–H groups in total. The van der Waals surface area contributed by atoms with Crippen molar-refractivity contribution in [3.05, 3.63) is 63.8 Å². The number of hydrogen-bond donors (Lipinski definition) is 5. The summed E-state index contributed by atoms with van der Waals surface area (Å²) in [6, 6.07) is 8.57. The molecule has 0 unspecified atom stereocenters. The normalized spacial score (nSPS) is 10.8. The molecule has 0 saturated carbocycles. The highest BCUT2D eigenvalue weighted by Gasteiger charge is 2.27. The van der Waals surface area contributed by atoms with Crippen LogP contribution in [0, 0.1) is 11.8 Å². The first-order valence-corrected chi connectivity index (χ1v) is 9.63. The van der Waals surface area contributed by atoms with Gasteiger partial charge in [0.25, 0.3) is 5.56 Å². The van der Waals surface area contributed by atoms with Crippen LogP contribution in [0.2, 0.25) is 0 Å². The molecule has 0 amide bonds. The van der Waals surface area contributed by atoms with Crippen LogP contribution in [0.3, 0.4) is 0 Å². The van der Waals surface area contributed by atoms with Crippen LogP contribution in [-0.4, -0.2) is 39.9 Å². The summed E-state index contributed by atoms with van der Waals surface area (Å²) < 4.78 is 2.57. The van der Waals surface area contributed by atoms with Crippen molar-refractivity contribution in [2.24, 2.45) is 7.05 Å². The minimum atomic E-state index is -1.10. The van der Waals surface area contributed by atoms with Gasteiger partial charge in [-0.2, -0.15) is 5.10 Å². The van der Waals surface area contributed by atoms with Crippen LogP contribution < -0.4 is 5.56 Å². The minimum absolute atomic E-state index is 0.213. The molecule has 0 fully saturated rings. The molecule has 32 heavy (non-hydrogen) atoms. The van der Waals surface area contributed by atoms with Crippen molar-refractivity contribution < 1.29 is 25.5 Å². The number of aromatic nitrogens is 3. The Morgan fingerprint density at radius 2 is 1.59 bits per heavy atom. The predicted octanol–water partition coefficient (Wildman–Crippen LogP) is 2.21. The summed E-state index contributed by atoms with van der Waals surface area (Å²) >= 11 is 0. The molecule has 4 aromatic rings. The second-order valence-electron chi connectivity index (χ2n) is 7.08. The maximum absolute atomic E-state index is 13.6. The number of pyridine rings is 1. The van der Waals surface area contributed by atoms with Crippen LogP contribution in [0.15, 0.2) is 41.3 Å². The number of nitrogens with zero attached hydrogens (tertiary/aromatic N) is 3. The first-order valence-electron chi connectivity index (χ1n) is 9.63. The summed E-state index contributed by atoms with van der Waals surface area (Å²) in [7, 11) is 1.74. The van der Waals surface area contributed by atoms with Gasteiger partial charge in [-0.25, -0.2) is 0 Å². The van der Waals surface area contributed by atoms with Crippen molar-refractivity contribution in [2.75, 3.05) is 0 Å². The van der Waals surface area contributed by atoms with Crippen molar-refractivity contribution in [1.29, 1.82) is 0 Å². The molecule has 9 nitrogen and oxygen atoms in total. The zero-order chi connectivity index (χ0) is 23.2. The van der Waals surface area contributed by atoms with E-state index in [0.29, 0.717) is 28.8 Å². The lowest BCUT2D eigenvalue weighted by molar-refractivity contribution is 0.326. The standard InChI is InChI=1S/C23H19N3O6/c1-3-14-11-13-6-4-5-12(7-8-15-9-10-24-25(15)2)16(13)23(32)26(14)17-18(27)20(29)22(31)21(30)19(17)28/h4-6,9-11,27-31H,3H2,1-2H3. The third kappa shape index (κ3) is 3.06. The number of phenols is 5. The van der Waals surface area contributed by atoms with Crippen LogP contribution in [0.4, 0.5) is 0 Å². The molecule has 162 valence electrons. The predicted molar refractivity (Wildman–Crippen MR) is 116 cm³/mol. The molecular formula is C23H19N3O6. The highest BCUT2D eigenvalue weighted by Crippen LogP contribution is 2.52. The van der Waals surface area contributed by atoms with E-state index in [4.69, 9.17) is 0 Å². The summed E-state index contributed by atoms with van der Waals surface area (Å²) in [5, 5.41) is 55.3. The highest BCUT2D eigenvalue weighted by molar-refractivity contribution is 5.89. The zero-order valence-corrected chi connectivity index (χ0v) is 17.2. The van der Waals surface area contributed by atoms with Crippen molar-refractivity contribution >= 4 is 10.8 Å². The fourth-order valence-electron chi connectivity index (χ4n) is 3.54. The molecule has 2 heterocycles. The van der Waals surface area contributed by atoms with Gasteiger partial charge in [-0.1, -0.05) is 25.0 Å². The molecule has 0 aliphatic rings. The second-order valence-corrected chi connectivity index (χ2v) is 7.08. The Morgan fingerprint density at radius 3 is 2.19 bits per heavy atom. The number of rotatable bonds is 2. The largest absolute Gasteiger partial charge is 0.503 e. The van der Waals surface area contributed by atoms with Gasteiger partial charge in [-0.05, 0) is 35.9 Å². The number of benzene rings is 2. The topological polar surface area (TPSA) is 141 Å². The van der Waals surface area contributed by atoms with Gasteiger partial charge >= 0.3 is 0 Å². The van der Waals surface area contributed by atoms with E-state index in [1.54, 1.807) is 55.2 Å². The van der Waals surface area contributed by atoms with Gasteiger partial charge in [0.15, 0.2) is 11.5 Å². The number of aromatic hydroxyl groups is 5. The number of phenolic OH excluding ortho intramolecular Hbond substituents is 5. The maximum atomic E-state index is 13.6. The molecule has 0 saturated heterocycles. The summed E-state index contributed by atoms with van der Waals surface area (Å²) in [4.78, 5) is 13.6. The third-order valence-corrected chi connectivity index (χ3v) is 5.20. The molecule has 0 aliphatic heterocycles. The molecular weight excluding hydrogens is 414 g/mol. The van der Waals surface area contributed by atoms with E-state index in [2.05, 4.69) is 16.9 Å². The van der Waals surface area contributed by atoms with Crippen LogP contribution in [0.1, 0.15) is 23.9 Å². The number of hydrogen-bond acceptors (Lipinski definition) is 7. The van der Waals surface area contributed by atoms with Crippen molar-refractivity contribution in [2.45, 2.75) is 13.3 Å². The molecule has 0 radical (unpaired) electrons. The Labute approximate surface area is 181 Å². The summed E-state index contributed by atoms with van der Waals surface area (Å²) in [6.07, 6.45) is 1.92. The Balaban J connectivity index is 2.09. The summed E-state index contributed by atoms with van der Waals surface area (Å²) in [5.74, 6) is 0.792. The third-order valence-electron chi connectivity index (χ3n) is 5.20. The molecule has 0 aliphatic carbocycles. The van der Waals surface area contributed by atoms with Crippen LogP contribution in [-0.2, 0) is 13.5 Å². The zero-order valence-electron chi connectivity index (χ0n) is 17.2. The average molecular weight is 433 g/mol. The van der Waals surface area contributed by atoms with Gasteiger partial charge < -0.3 is 25.5 Å². The van der Waals surface area contributed by atoms with E-state index in [0.717, 1.165) is 4.57 Å². The van der Waals surface area contributed by atoms with E-state index >= 15 is 0 Å². The first-order chi connectivity index (χ1) is 15.3. The minimum Gasteiger partial charge on any atom is -0.503 e. The molecule has 9 heteroatoms. The van der Waals surface area contributed by atoms with Crippen molar-refractivity contribution in [3.8, 4) is 46.3 Å². The van der Waals surface area contributed by atoms with Crippen molar-refractivity contribution in [1.82, 2.24) is 14.3 Å². The molecule has 0 spiro atoms. The Bertz CT molecular complexity index is 1480. The van der Waals surface area contributed by atoms with Gasteiger partial charge in [0.2, 0.25) is 17.2 Å². The van der Waals surface area contributed by atoms with E-state index in [9.17, 15) is 30.3 Å². The summed E-state index contributed by atoms with van der Waals surface area (Å²) in [5.41, 5.74) is 0.238. The van der Waals surface area contributed by atoms with E-state index < -0.39 is 40.0 Å². The van der Waals surface area contributed by atoms with Gasteiger partial charge in [0, 0.05) is 18.3 Å². The van der Waals surface area contributed by atoms with Crippen LogP contribution >= 0.6 is 0 Å². The maximum Gasteiger partial charge on any atom is 0.264 e. The van der Waals surface area contributed by atoms with Crippen LogP contribution in [0.25, 0.3) is 16.5 Å². The fraction of sp³-hybridized carbons (Fsp3) is 0.130. The molecule has 0 atom stereocenters. The molecule has 4 rings (SSSR count). The van der Waals surface area contributed by atoms with E-state index in [1.165, 1.54) is 0 Å². The lowest BCUT2D eigenvalue weighted by Crippen LogP contribution is -2.23. The van der Waals surface area contributed by atoms with Gasteiger partial charge in [0.05, 0.1) is 11.6 Å². The van der Waals surface area contributed by atoms with Crippen molar-refractivity contribution in [3.63, 3.8) is 0 Å². The second kappa shape index (κ2) is 7.59. The molecule has 2 aromatic heterocycles. The smallest absolute Gasteiger partial charge is 0.264 e. The first kappa shape index (κ1) is 20.7. The van der Waals surface area contributed by atoms with E-state index in [-0.39, 0.29) is 5.39 Å². The molecule has 0 bridgehead atoms. The quantitative estimate of drug-likeness (QED) is 0.185. The Hall–Kier alpha value is -4.58. The SMILES string of the molecule is CCc1cc2cccc(C#Cc3ccnn3C)c2c(=O)n1-c1c(O)c(O)c(O)c(O)c1O. The number of fused-ring (bicyclic) bond motifs is 1. The lowest BCUT2D eigenvalue weighted by atomic mass is 10.0. The summed E-state index contributed by atoms with van der Waals surface area (Å²) in [6.45, 7) is 1.76. The fourth-order valence-corrected chi connectivity index (χ4v) is 3.54. The van der Waals surface area contributed by atoms with Gasteiger partial charge in [-0.15, -0.1) is 0 Å². The Kier molecular flexibility index (Phi) is 4.91. The highest BCUT2D eigenvalue weighted by atomic mass is 16.4. The van der Waals surface area contributed by atoms with Crippen LogP contribution in [0.5, 0.6) is 28.7 Å². The Morgan fingerprint density at radius 1 is 0.938 bits per heavy atom. The monoisotopic (exact) mass is 433 g/mol. The lowest BCUT2D eigenvalue weighted by Gasteiger charge is -2.18. The number of aryl methyl sites for hydroxylation is 2. The average Bonchev–Trinajstić information content (AvgIpc) is 3.20. The van der Waals surface area contributed by atoms with Gasteiger partial charge in [0.1, 0.15) is 11.4 Å². The van der Waals surface area contributed by atoms with E-state index in [1.807, 2.05) is 0 Å².